The summed E-state index contributed by atoms with van der Waals surface area (Å²) in [7, 11) is 0. The lowest BCUT2D eigenvalue weighted by atomic mass is 10.3. The Morgan fingerprint density at radius 3 is 2.53 bits per heavy atom. The third-order valence-electron chi connectivity index (χ3n) is 2.10. The Balaban J connectivity index is 3.09. The van der Waals surface area contributed by atoms with Crippen molar-refractivity contribution in [1.82, 2.24) is 4.98 Å². The molecule has 2 N–H and O–H groups in total. The number of halogens is 4. The van der Waals surface area contributed by atoms with E-state index < -0.39 is 31.0 Å². The van der Waals surface area contributed by atoms with Gasteiger partial charge in [-0.25, -0.2) is 9.78 Å². The normalized spacial score (nSPS) is 11.4. The van der Waals surface area contributed by atoms with Crippen molar-refractivity contribution in [3.63, 3.8) is 0 Å². The smallest absolute Gasteiger partial charge is 0.405 e. The van der Waals surface area contributed by atoms with E-state index in [9.17, 15) is 18.0 Å². The topological polar surface area (TPSA) is 73.7 Å². The summed E-state index contributed by atoms with van der Waals surface area (Å²) in [5.74, 6) is -1.66. The molecule has 0 unspecified atom stereocenters. The summed E-state index contributed by atoms with van der Waals surface area (Å²) in [6, 6.07) is 2.31. The van der Waals surface area contributed by atoms with Gasteiger partial charge in [0, 0.05) is 6.54 Å². The van der Waals surface area contributed by atoms with E-state index in [1.807, 2.05) is 0 Å². The second-order valence-electron chi connectivity index (χ2n) is 3.57. The molecule has 0 spiro atoms. The van der Waals surface area contributed by atoms with Crippen molar-refractivity contribution in [2.24, 2.45) is 0 Å². The predicted molar refractivity (Wildman–Crippen MR) is 61.6 cm³/mol. The fraction of sp³-hybridized carbons (Fsp3) is 0.400. The van der Waals surface area contributed by atoms with E-state index in [2.05, 4.69) is 4.98 Å². The highest BCUT2D eigenvalue weighted by Crippen LogP contribution is 2.23. The summed E-state index contributed by atoms with van der Waals surface area (Å²) in [5, 5.41) is 17.4. The van der Waals surface area contributed by atoms with Gasteiger partial charge in [-0.2, -0.15) is 13.2 Å². The summed E-state index contributed by atoms with van der Waals surface area (Å²) in [6.45, 7) is -2.20. The molecular weight excluding hydrogens is 289 g/mol. The van der Waals surface area contributed by atoms with Crippen LogP contribution in [0.4, 0.5) is 19.0 Å². The molecule has 0 atom stereocenters. The van der Waals surface area contributed by atoms with Gasteiger partial charge in [0.1, 0.15) is 12.4 Å². The van der Waals surface area contributed by atoms with Gasteiger partial charge in [-0.15, -0.1) is 0 Å². The maximum Gasteiger partial charge on any atom is 0.405 e. The molecule has 0 saturated carbocycles. The van der Waals surface area contributed by atoms with E-state index in [1.54, 1.807) is 0 Å². The first-order valence-corrected chi connectivity index (χ1v) is 5.45. The number of hydrogen-bond donors (Lipinski definition) is 2. The number of alkyl halides is 3. The molecule has 9 heteroatoms. The van der Waals surface area contributed by atoms with Gasteiger partial charge in [0.15, 0.2) is 5.69 Å². The number of carboxylic acids is 1. The van der Waals surface area contributed by atoms with Crippen molar-refractivity contribution in [1.29, 1.82) is 0 Å². The third-order valence-corrected chi connectivity index (χ3v) is 2.40. The van der Waals surface area contributed by atoms with Gasteiger partial charge in [-0.05, 0) is 12.1 Å². The molecule has 106 valence electrons. The molecule has 0 bridgehead atoms. The lowest BCUT2D eigenvalue weighted by Crippen LogP contribution is -2.37. The highest BCUT2D eigenvalue weighted by Gasteiger charge is 2.31. The molecule has 1 aromatic rings. The van der Waals surface area contributed by atoms with Gasteiger partial charge >= 0.3 is 12.1 Å². The van der Waals surface area contributed by atoms with Crippen LogP contribution in [0.5, 0.6) is 0 Å². The maximum absolute atomic E-state index is 12.4. The average Bonchev–Trinajstić information content (AvgIpc) is 2.27. The monoisotopic (exact) mass is 298 g/mol. The van der Waals surface area contributed by atoms with Gasteiger partial charge in [0.25, 0.3) is 0 Å². The Morgan fingerprint density at radius 1 is 1.42 bits per heavy atom. The summed E-state index contributed by atoms with van der Waals surface area (Å²) in [4.78, 5) is 15.1. The zero-order valence-corrected chi connectivity index (χ0v) is 10.2. The van der Waals surface area contributed by atoms with Crippen LogP contribution < -0.4 is 4.90 Å². The first-order valence-electron chi connectivity index (χ1n) is 5.07. The van der Waals surface area contributed by atoms with Gasteiger partial charge < -0.3 is 15.1 Å². The van der Waals surface area contributed by atoms with E-state index in [-0.39, 0.29) is 17.4 Å². The molecule has 0 fully saturated rings. The predicted octanol–water partition coefficient (Wildman–Crippen LogP) is 1.79. The van der Waals surface area contributed by atoms with Crippen molar-refractivity contribution in [3.05, 3.63) is 22.8 Å². The minimum absolute atomic E-state index is 0.174. The fourth-order valence-corrected chi connectivity index (χ4v) is 1.56. The Labute approximate surface area is 111 Å². The number of carboxylic acid groups (broad SMARTS) is 1. The average molecular weight is 299 g/mol. The fourth-order valence-electron chi connectivity index (χ4n) is 1.37. The van der Waals surface area contributed by atoms with Crippen LogP contribution in [-0.4, -0.2) is 47.0 Å². The van der Waals surface area contributed by atoms with Gasteiger partial charge in [-0.3, -0.25) is 0 Å². The quantitative estimate of drug-likeness (QED) is 0.867. The molecule has 0 saturated heterocycles. The minimum atomic E-state index is -4.50. The second kappa shape index (κ2) is 6.07. The highest BCUT2D eigenvalue weighted by atomic mass is 35.5. The number of aromatic nitrogens is 1. The first-order chi connectivity index (χ1) is 8.74. The van der Waals surface area contributed by atoms with Crippen LogP contribution >= 0.6 is 11.6 Å². The zero-order chi connectivity index (χ0) is 14.6. The molecule has 0 aliphatic rings. The molecule has 1 aromatic heterocycles. The van der Waals surface area contributed by atoms with Crippen molar-refractivity contribution in [3.8, 4) is 0 Å². The van der Waals surface area contributed by atoms with E-state index in [0.29, 0.717) is 0 Å². The van der Waals surface area contributed by atoms with Crippen LogP contribution in [0, 0.1) is 0 Å². The van der Waals surface area contributed by atoms with Gasteiger partial charge in [0.2, 0.25) is 0 Å². The maximum atomic E-state index is 12.4. The first kappa shape index (κ1) is 15.5. The molecule has 19 heavy (non-hydrogen) atoms. The molecule has 0 aromatic carbocycles. The van der Waals surface area contributed by atoms with Crippen LogP contribution in [0.15, 0.2) is 12.1 Å². The summed E-state index contributed by atoms with van der Waals surface area (Å²) in [5.41, 5.74) is -0.538. The number of pyridine rings is 1. The lowest BCUT2D eigenvalue weighted by molar-refractivity contribution is -0.120. The van der Waals surface area contributed by atoms with E-state index in [1.165, 1.54) is 0 Å². The Bertz CT molecular complexity index is 468. The number of hydrogen-bond acceptors (Lipinski definition) is 4. The molecule has 5 nitrogen and oxygen atoms in total. The van der Waals surface area contributed by atoms with Crippen LogP contribution in [0.1, 0.15) is 10.5 Å². The van der Waals surface area contributed by atoms with E-state index in [4.69, 9.17) is 21.8 Å². The number of rotatable bonds is 5. The van der Waals surface area contributed by atoms with Crippen LogP contribution in [0.25, 0.3) is 0 Å². The Kier molecular flexibility index (Phi) is 4.96. The zero-order valence-electron chi connectivity index (χ0n) is 9.48. The van der Waals surface area contributed by atoms with Crippen molar-refractivity contribution >= 4 is 23.4 Å². The second-order valence-corrected chi connectivity index (χ2v) is 3.97. The van der Waals surface area contributed by atoms with Crippen molar-refractivity contribution in [2.45, 2.75) is 6.18 Å². The highest BCUT2D eigenvalue weighted by molar-refractivity contribution is 6.33. The molecule has 0 aliphatic heterocycles. The number of anilines is 1. The largest absolute Gasteiger partial charge is 0.476 e. The Morgan fingerprint density at radius 2 is 2.05 bits per heavy atom. The number of aliphatic hydroxyl groups excluding tert-OH is 1. The molecule has 0 radical (unpaired) electrons. The summed E-state index contributed by atoms with van der Waals surface area (Å²) >= 11 is 5.57. The summed E-state index contributed by atoms with van der Waals surface area (Å²) in [6.07, 6.45) is -4.50. The SMILES string of the molecule is O=C(O)c1nc(N(CCO)CC(F)(F)F)ccc1Cl. The van der Waals surface area contributed by atoms with Gasteiger partial charge in [0.05, 0.1) is 11.6 Å². The molecule has 1 heterocycles. The molecule has 0 aliphatic carbocycles. The van der Waals surface area contributed by atoms with Crippen LogP contribution in [-0.2, 0) is 0 Å². The molecule has 1 rings (SSSR count). The number of aliphatic hydroxyl groups is 1. The lowest BCUT2D eigenvalue weighted by Gasteiger charge is -2.24. The molecule has 0 amide bonds. The number of nitrogens with zero attached hydrogens (tertiary/aromatic N) is 2. The number of aromatic carboxylic acids is 1. The van der Waals surface area contributed by atoms with Crippen LogP contribution in [0.3, 0.4) is 0 Å². The van der Waals surface area contributed by atoms with Crippen LogP contribution in [0.2, 0.25) is 5.02 Å². The van der Waals surface area contributed by atoms with Gasteiger partial charge in [-0.1, -0.05) is 11.6 Å². The summed E-state index contributed by atoms with van der Waals surface area (Å²) < 4.78 is 37.1. The molecular formula is C10H10ClF3N2O3. The minimum Gasteiger partial charge on any atom is -0.476 e. The standard InChI is InChI=1S/C10H10ClF3N2O3/c11-6-1-2-7(15-8(6)9(18)19)16(3-4-17)5-10(12,13)14/h1-2,17H,3-5H2,(H,18,19). The van der Waals surface area contributed by atoms with E-state index in [0.717, 1.165) is 17.0 Å². The van der Waals surface area contributed by atoms with E-state index >= 15 is 0 Å². The Hall–Kier alpha value is -1.54. The number of carbonyl (C=O) groups is 1. The van der Waals surface area contributed by atoms with Crippen molar-refractivity contribution < 1.29 is 28.2 Å². The van der Waals surface area contributed by atoms with Crippen molar-refractivity contribution in [2.75, 3.05) is 24.6 Å². The third kappa shape index (κ3) is 4.56.